The summed E-state index contributed by atoms with van der Waals surface area (Å²) in [5.41, 5.74) is 0.643. The number of anilines is 1. The number of pyridine rings is 1. The van der Waals surface area contributed by atoms with Crippen molar-refractivity contribution in [1.82, 2.24) is 15.2 Å². The Kier molecular flexibility index (Phi) is 7.43. The Balaban J connectivity index is 1.65. The van der Waals surface area contributed by atoms with Crippen molar-refractivity contribution >= 4 is 11.7 Å². The van der Waals surface area contributed by atoms with Crippen LogP contribution in [0.2, 0.25) is 0 Å². The largest absolute Gasteiger partial charge is 0.379 e. The first-order valence-electron chi connectivity index (χ1n) is 10.0. The average molecular weight is 377 g/mol. The SMILES string of the molecule is CC(C)CC(CNC(=O)c1cccnc1N1CCOCC1)N1CCOCC1. The van der Waals surface area contributed by atoms with Crippen LogP contribution in [0.3, 0.4) is 0 Å². The van der Waals surface area contributed by atoms with Crippen LogP contribution in [-0.2, 0) is 9.47 Å². The molecule has 0 radical (unpaired) electrons. The molecule has 2 aliphatic heterocycles. The van der Waals surface area contributed by atoms with Crippen molar-refractivity contribution in [2.75, 3.05) is 64.1 Å². The molecule has 2 fully saturated rings. The third-order valence-corrected chi connectivity index (χ3v) is 5.15. The fraction of sp³-hybridized carbons (Fsp3) is 0.700. The molecule has 7 heteroatoms. The molecule has 27 heavy (non-hydrogen) atoms. The Morgan fingerprint density at radius 1 is 1.15 bits per heavy atom. The lowest BCUT2D eigenvalue weighted by atomic mass is 10.0. The minimum absolute atomic E-state index is 0.0494. The van der Waals surface area contributed by atoms with Crippen LogP contribution in [0.15, 0.2) is 18.3 Å². The molecule has 2 aliphatic rings. The van der Waals surface area contributed by atoms with E-state index in [1.807, 2.05) is 12.1 Å². The number of nitrogens with one attached hydrogen (secondary N) is 1. The van der Waals surface area contributed by atoms with E-state index in [2.05, 4.69) is 33.9 Å². The fourth-order valence-corrected chi connectivity index (χ4v) is 3.76. The van der Waals surface area contributed by atoms with Crippen LogP contribution in [-0.4, -0.2) is 81.0 Å². The maximum atomic E-state index is 12.9. The van der Waals surface area contributed by atoms with Crippen molar-refractivity contribution in [2.45, 2.75) is 26.3 Å². The zero-order chi connectivity index (χ0) is 19.1. The summed E-state index contributed by atoms with van der Waals surface area (Å²) in [4.78, 5) is 22.0. The lowest BCUT2D eigenvalue weighted by molar-refractivity contribution is 0.0124. The summed E-state index contributed by atoms with van der Waals surface area (Å²) in [6, 6.07) is 4.02. The Labute approximate surface area is 162 Å². The van der Waals surface area contributed by atoms with E-state index in [4.69, 9.17) is 9.47 Å². The van der Waals surface area contributed by atoms with Gasteiger partial charge in [0, 0.05) is 45.0 Å². The number of amides is 1. The van der Waals surface area contributed by atoms with E-state index in [0.29, 0.717) is 37.3 Å². The van der Waals surface area contributed by atoms with Crippen molar-refractivity contribution < 1.29 is 14.3 Å². The summed E-state index contributed by atoms with van der Waals surface area (Å²) in [6.07, 6.45) is 2.81. The van der Waals surface area contributed by atoms with Gasteiger partial charge in [-0.25, -0.2) is 4.98 Å². The van der Waals surface area contributed by atoms with Crippen molar-refractivity contribution in [3.8, 4) is 0 Å². The molecule has 0 aromatic carbocycles. The highest BCUT2D eigenvalue weighted by atomic mass is 16.5. The Bertz CT molecular complexity index is 599. The molecule has 0 aliphatic carbocycles. The maximum Gasteiger partial charge on any atom is 0.255 e. The number of nitrogens with zero attached hydrogens (tertiary/aromatic N) is 3. The zero-order valence-electron chi connectivity index (χ0n) is 16.5. The standard InChI is InChI=1S/C20H32N4O3/c1-16(2)14-17(23-6-10-26-11-7-23)15-22-20(25)18-4-3-5-21-19(18)24-8-12-27-13-9-24/h3-5,16-17H,6-15H2,1-2H3,(H,22,25). The molecule has 7 nitrogen and oxygen atoms in total. The predicted octanol–water partition coefficient (Wildman–Crippen LogP) is 1.39. The Morgan fingerprint density at radius 3 is 2.48 bits per heavy atom. The number of aromatic nitrogens is 1. The molecule has 1 atom stereocenters. The zero-order valence-corrected chi connectivity index (χ0v) is 16.5. The molecule has 1 aromatic heterocycles. The second kappa shape index (κ2) is 10.0. The fourth-order valence-electron chi connectivity index (χ4n) is 3.76. The van der Waals surface area contributed by atoms with E-state index in [9.17, 15) is 4.79 Å². The van der Waals surface area contributed by atoms with Gasteiger partial charge in [-0.3, -0.25) is 9.69 Å². The van der Waals surface area contributed by atoms with Crippen LogP contribution in [0.5, 0.6) is 0 Å². The predicted molar refractivity (Wildman–Crippen MR) is 105 cm³/mol. The van der Waals surface area contributed by atoms with Gasteiger partial charge in [-0.1, -0.05) is 13.8 Å². The van der Waals surface area contributed by atoms with Crippen molar-refractivity contribution in [1.29, 1.82) is 0 Å². The van der Waals surface area contributed by atoms with E-state index in [0.717, 1.165) is 51.6 Å². The smallest absolute Gasteiger partial charge is 0.255 e. The second-order valence-corrected chi connectivity index (χ2v) is 7.62. The van der Waals surface area contributed by atoms with Gasteiger partial charge in [-0.15, -0.1) is 0 Å². The molecular formula is C20H32N4O3. The minimum atomic E-state index is -0.0494. The van der Waals surface area contributed by atoms with E-state index in [-0.39, 0.29) is 5.91 Å². The summed E-state index contributed by atoms with van der Waals surface area (Å²) in [7, 11) is 0. The minimum Gasteiger partial charge on any atom is -0.379 e. The molecule has 0 spiro atoms. The summed E-state index contributed by atoms with van der Waals surface area (Å²) < 4.78 is 10.9. The average Bonchev–Trinajstić information content (AvgIpc) is 2.72. The van der Waals surface area contributed by atoms with Crippen LogP contribution in [0.1, 0.15) is 30.6 Å². The van der Waals surface area contributed by atoms with Crippen LogP contribution >= 0.6 is 0 Å². The molecular weight excluding hydrogens is 344 g/mol. The monoisotopic (exact) mass is 376 g/mol. The van der Waals surface area contributed by atoms with E-state index < -0.39 is 0 Å². The molecule has 0 saturated carbocycles. The molecule has 1 aromatic rings. The number of hydrogen-bond acceptors (Lipinski definition) is 6. The van der Waals surface area contributed by atoms with E-state index in [1.165, 1.54) is 0 Å². The first-order valence-corrected chi connectivity index (χ1v) is 10.0. The molecule has 3 heterocycles. The molecule has 0 bridgehead atoms. The van der Waals surface area contributed by atoms with Gasteiger partial charge in [0.05, 0.1) is 32.0 Å². The maximum absolute atomic E-state index is 12.9. The van der Waals surface area contributed by atoms with Gasteiger partial charge in [0.15, 0.2) is 0 Å². The number of carbonyl (C=O) groups excluding carboxylic acids is 1. The highest BCUT2D eigenvalue weighted by molar-refractivity contribution is 5.98. The Hall–Kier alpha value is -1.70. The van der Waals surface area contributed by atoms with Gasteiger partial charge < -0.3 is 19.7 Å². The second-order valence-electron chi connectivity index (χ2n) is 7.62. The van der Waals surface area contributed by atoms with Crippen LogP contribution in [0.25, 0.3) is 0 Å². The van der Waals surface area contributed by atoms with Gasteiger partial charge in [0.1, 0.15) is 5.82 Å². The molecule has 2 saturated heterocycles. The highest BCUT2D eigenvalue weighted by Gasteiger charge is 2.24. The van der Waals surface area contributed by atoms with Crippen molar-refractivity contribution in [3.05, 3.63) is 23.9 Å². The first-order chi connectivity index (χ1) is 13.1. The quantitative estimate of drug-likeness (QED) is 0.776. The number of ether oxygens (including phenoxy) is 2. The molecule has 1 N–H and O–H groups in total. The van der Waals surface area contributed by atoms with Gasteiger partial charge in [0.25, 0.3) is 5.91 Å². The summed E-state index contributed by atoms with van der Waals surface area (Å²) in [5.74, 6) is 1.29. The van der Waals surface area contributed by atoms with E-state index in [1.54, 1.807) is 6.20 Å². The third kappa shape index (κ3) is 5.64. The normalized spacial score (nSPS) is 19.9. The first kappa shape index (κ1) is 20.0. The number of carbonyl (C=O) groups is 1. The summed E-state index contributed by atoms with van der Waals surface area (Å²) in [6.45, 7) is 11.4. The number of hydrogen-bond donors (Lipinski definition) is 1. The van der Waals surface area contributed by atoms with Crippen LogP contribution in [0, 0.1) is 5.92 Å². The number of morpholine rings is 2. The Morgan fingerprint density at radius 2 is 1.81 bits per heavy atom. The van der Waals surface area contributed by atoms with Crippen LogP contribution < -0.4 is 10.2 Å². The lowest BCUT2D eigenvalue weighted by Gasteiger charge is -2.35. The number of rotatable bonds is 7. The highest BCUT2D eigenvalue weighted by Crippen LogP contribution is 2.19. The van der Waals surface area contributed by atoms with Crippen LogP contribution in [0.4, 0.5) is 5.82 Å². The van der Waals surface area contributed by atoms with E-state index >= 15 is 0 Å². The molecule has 1 amide bonds. The summed E-state index contributed by atoms with van der Waals surface area (Å²) >= 11 is 0. The third-order valence-electron chi connectivity index (χ3n) is 5.15. The summed E-state index contributed by atoms with van der Waals surface area (Å²) in [5, 5.41) is 3.16. The molecule has 1 unspecified atom stereocenters. The van der Waals surface area contributed by atoms with Gasteiger partial charge in [-0.2, -0.15) is 0 Å². The molecule has 150 valence electrons. The molecule has 3 rings (SSSR count). The van der Waals surface area contributed by atoms with Gasteiger partial charge >= 0.3 is 0 Å². The topological polar surface area (TPSA) is 66.9 Å². The van der Waals surface area contributed by atoms with Crippen molar-refractivity contribution in [3.63, 3.8) is 0 Å². The lowest BCUT2D eigenvalue weighted by Crippen LogP contribution is -2.49. The van der Waals surface area contributed by atoms with Gasteiger partial charge in [0.2, 0.25) is 0 Å². The van der Waals surface area contributed by atoms with Gasteiger partial charge in [-0.05, 0) is 24.5 Å². The van der Waals surface area contributed by atoms with Crippen molar-refractivity contribution in [2.24, 2.45) is 5.92 Å².